The van der Waals surface area contributed by atoms with Crippen LogP contribution in [0.5, 0.6) is 0 Å². The Labute approximate surface area is 422 Å². The lowest BCUT2D eigenvalue weighted by atomic mass is 10.0. The zero-order valence-corrected chi connectivity index (χ0v) is 46.8. The molecule has 0 aliphatic heterocycles. The zero-order chi connectivity index (χ0) is 48.7. The molecule has 6 nitrogen and oxygen atoms in total. The van der Waals surface area contributed by atoms with Crippen molar-refractivity contribution in [1.29, 1.82) is 0 Å². The van der Waals surface area contributed by atoms with Gasteiger partial charge in [-0.3, -0.25) is 9.59 Å². The van der Waals surface area contributed by atoms with E-state index in [1.165, 1.54) is 100 Å². The van der Waals surface area contributed by atoms with Crippen LogP contribution in [0.25, 0.3) is 0 Å². The highest BCUT2D eigenvalue weighted by atomic mass is 32.2. The second-order valence-electron chi connectivity index (χ2n) is 20.2. The summed E-state index contributed by atoms with van der Waals surface area (Å²) >= 11 is 3.92. The summed E-state index contributed by atoms with van der Waals surface area (Å²) in [4.78, 5) is 26.4. The maximum absolute atomic E-state index is 13.2. The maximum atomic E-state index is 13.2. The first-order valence-corrected chi connectivity index (χ1v) is 31.9. The molecule has 0 bridgehead atoms. The Morgan fingerprint density at radius 3 is 1.33 bits per heavy atom. The van der Waals surface area contributed by atoms with Crippen LogP contribution in [0.4, 0.5) is 0 Å². The molecule has 0 saturated carbocycles. The molecule has 384 valence electrons. The molecule has 0 fully saturated rings. The summed E-state index contributed by atoms with van der Waals surface area (Å²) < 4.78 is 19.5. The number of carbonyl (C=O) groups is 2. The molecule has 9 heteroatoms. The van der Waals surface area contributed by atoms with Gasteiger partial charge < -0.3 is 19.2 Å². The first-order chi connectivity index (χ1) is 32.6. The summed E-state index contributed by atoms with van der Waals surface area (Å²) in [6, 6.07) is 22.1. The zero-order valence-electron chi connectivity index (χ0n) is 44.2. The summed E-state index contributed by atoms with van der Waals surface area (Å²) in [5.41, 5.74) is 0. The van der Waals surface area contributed by atoms with Crippen LogP contribution in [-0.2, 0) is 23.5 Å². The molecule has 2 rings (SSSR count). The van der Waals surface area contributed by atoms with E-state index in [1.807, 2.05) is 23.5 Å². The van der Waals surface area contributed by atoms with Gasteiger partial charge in [0.1, 0.15) is 12.2 Å². The van der Waals surface area contributed by atoms with E-state index in [-0.39, 0.29) is 29.2 Å². The van der Waals surface area contributed by atoms with E-state index in [1.54, 1.807) is 0 Å². The van der Waals surface area contributed by atoms with Gasteiger partial charge in [-0.15, -0.1) is 0 Å². The van der Waals surface area contributed by atoms with Gasteiger partial charge in [0.15, 0.2) is 0 Å². The third-order valence-corrected chi connectivity index (χ3v) is 20.5. The van der Waals surface area contributed by atoms with Gasteiger partial charge in [-0.25, -0.2) is 0 Å². The van der Waals surface area contributed by atoms with Crippen LogP contribution in [0.3, 0.4) is 0 Å². The molecule has 0 spiro atoms. The first kappa shape index (κ1) is 61.3. The second kappa shape index (κ2) is 39.9. The fourth-order valence-electron chi connectivity index (χ4n) is 9.16. The number of unbranched alkanes of at least 4 members (excludes halogenated alkanes) is 14. The highest BCUT2D eigenvalue weighted by Crippen LogP contribution is 2.37. The number of benzene rings is 2. The second-order valence-corrected chi connectivity index (χ2v) is 26.8. The number of nitrogens with one attached hydrogen (secondary N) is 1. The smallest absolute Gasteiger partial charge is 0.306 e. The van der Waals surface area contributed by atoms with Crippen LogP contribution in [0.15, 0.2) is 60.7 Å². The van der Waals surface area contributed by atoms with E-state index in [0.29, 0.717) is 25.5 Å². The van der Waals surface area contributed by atoms with Gasteiger partial charge in [0.25, 0.3) is 8.32 Å². The van der Waals surface area contributed by atoms with Crippen LogP contribution in [0.2, 0.25) is 5.04 Å². The van der Waals surface area contributed by atoms with Crippen molar-refractivity contribution in [2.24, 2.45) is 0 Å². The number of hydrogen-bond donors (Lipinski definition) is 1. The molecule has 2 aromatic rings. The molecule has 0 radical (unpaired) electrons. The van der Waals surface area contributed by atoms with Gasteiger partial charge in [-0.1, -0.05) is 199 Å². The SMILES string of the molecule is CCCCCCSCC(CCCCCC)OC(=O)CCCCC(CCCCC(=O)OC(CCCCCC)CSCCCCCC)NCCCO[Si](c1ccccc1)(c1ccccc1)C(C)(C)C. The van der Waals surface area contributed by atoms with Gasteiger partial charge in [-0.2, -0.15) is 23.5 Å². The quantitative estimate of drug-likeness (QED) is 0.0400. The Morgan fingerprint density at radius 2 is 0.925 bits per heavy atom. The molecule has 2 unspecified atom stereocenters. The lowest BCUT2D eigenvalue weighted by molar-refractivity contribution is -0.149. The van der Waals surface area contributed by atoms with Gasteiger partial charge in [-0.05, 0) is 104 Å². The molecular formula is C58H101NO5S2Si. The lowest BCUT2D eigenvalue weighted by Gasteiger charge is -2.43. The number of esters is 2. The Balaban J connectivity index is 2.02. The summed E-state index contributed by atoms with van der Waals surface area (Å²) in [6.07, 6.45) is 29.3. The van der Waals surface area contributed by atoms with Gasteiger partial charge >= 0.3 is 11.9 Å². The van der Waals surface area contributed by atoms with Gasteiger partial charge in [0, 0.05) is 37.0 Å². The van der Waals surface area contributed by atoms with Crippen LogP contribution in [-0.4, -0.2) is 74.7 Å². The van der Waals surface area contributed by atoms with Crippen molar-refractivity contribution < 1.29 is 23.5 Å². The standard InChI is InChI=1S/C58H101NO5S2Si/c1-8-12-16-22-37-52(49-65-47-32-18-14-10-3)63-56(60)43-30-28-35-51(36-29-31-44-57(61)64-53(38-23-17-13-9-2)50-66-48-33-19-15-11-4)59-45-34-46-62-67(58(5,6)7,54-39-24-20-25-40-54)55-41-26-21-27-42-55/h20-21,24-27,39-42,51-53,59H,8-19,22-23,28-38,43-50H2,1-7H3. The van der Waals surface area contributed by atoms with E-state index in [2.05, 4.69) is 114 Å². The molecule has 2 aromatic carbocycles. The fourth-order valence-corrected chi connectivity index (χ4v) is 15.9. The lowest BCUT2D eigenvalue weighted by Crippen LogP contribution is -2.66. The molecule has 0 heterocycles. The average molecular weight is 985 g/mol. The minimum absolute atomic E-state index is 0.0263. The molecule has 0 aromatic heterocycles. The highest BCUT2D eigenvalue weighted by molar-refractivity contribution is 7.99. The molecule has 0 saturated heterocycles. The van der Waals surface area contributed by atoms with Crippen LogP contribution < -0.4 is 15.7 Å². The minimum Gasteiger partial charge on any atom is -0.461 e. The van der Waals surface area contributed by atoms with E-state index in [4.69, 9.17) is 13.9 Å². The summed E-state index contributed by atoms with van der Waals surface area (Å²) in [6.45, 7) is 17.6. The molecule has 1 N–H and O–H groups in total. The van der Waals surface area contributed by atoms with Crippen molar-refractivity contribution in [1.82, 2.24) is 5.32 Å². The first-order valence-electron chi connectivity index (χ1n) is 27.6. The topological polar surface area (TPSA) is 73.9 Å². The Bertz CT molecular complexity index is 1370. The van der Waals surface area contributed by atoms with E-state index in [9.17, 15) is 9.59 Å². The van der Waals surface area contributed by atoms with Crippen LogP contribution >= 0.6 is 23.5 Å². The minimum atomic E-state index is -2.59. The van der Waals surface area contributed by atoms with Gasteiger partial charge in [0.2, 0.25) is 0 Å². The molecule has 67 heavy (non-hydrogen) atoms. The molecule has 0 aliphatic rings. The summed E-state index contributed by atoms with van der Waals surface area (Å²) in [5, 5.41) is 6.47. The van der Waals surface area contributed by atoms with Crippen molar-refractivity contribution in [2.75, 3.05) is 36.2 Å². The Morgan fingerprint density at radius 1 is 0.522 bits per heavy atom. The van der Waals surface area contributed by atoms with E-state index in [0.717, 1.165) is 100 Å². The monoisotopic (exact) mass is 984 g/mol. The number of thioether (sulfide) groups is 2. The Hall–Kier alpha value is -1.78. The largest absolute Gasteiger partial charge is 0.461 e. The average Bonchev–Trinajstić information content (AvgIpc) is 3.32. The maximum Gasteiger partial charge on any atom is 0.306 e. The summed E-state index contributed by atoms with van der Waals surface area (Å²) in [7, 11) is -2.59. The predicted molar refractivity (Wildman–Crippen MR) is 297 cm³/mol. The van der Waals surface area contributed by atoms with Gasteiger partial charge in [0.05, 0.1) is 0 Å². The molecule has 0 amide bonds. The third kappa shape index (κ3) is 28.0. The van der Waals surface area contributed by atoms with Crippen molar-refractivity contribution in [3.63, 3.8) is 0 Å². The predicted octanol–water partition coefficient (Wildman–Crippen LogP) is 15.4. The third-order valence-electron chi connectivity index (χ3n) is 13.1. The van der Waals surface area contributed by atoms with Crippen molar-refractivity contribution in [3.05, 3.63) is 60.7 Å². The van der Waals surface area contributed by atoms with Crippen molar-refractivity contribution in [2.45, 2.75) is 245 Å². The van der Waals surface area contributed by atoms with E-state index < -0.39 is 8.32 Å². The number of rotatable bonds is 44. The number of carbonyl (C=O) groups excluding carboxylic acids is 2. The molecular weight excluding hydrogens is 883 g/mol. The summed E-state index contributed by atoms with van der Waals surface area (Å²) in [5.74, 6) is 4.08. The molecule has 0 aliphatic carbocycles. The normalized spacial score (nSPS) is 13.4. The molecule has 2 atom stereocenters. The van der Waals surface area contributed by atoms with Crippen LogP contribution in [0, 0.1) is 0 Å². The van der Waals surface area contributed by atoms with Crippen molar-refractivity contribution in [3.8, 4) is 0 Å². The highest BCUT2D eigenvalue weighted by Gasteiger charge is 2.50. The van der Waals surface area contributed by atoms with Crippen molar-refractivity contribution >= 4 is 54.2 Å². The van der Waals surface area contributed by atoms with Crippen LogP contribution in [0.1, 0.15) is 222 Å². The number of hydrogen-bond acceptors (Lipinski definition) is 8. The fraction of sp³-hybridized carbons (Fsp3) is 0.759. The Kier molecular flexibility index (Phi) is 36.5. The van der Waals surface area contributed by atoms with E-state index >= 15 is 0 Å². The number of ether oxygens (including phenoxy) is 2.